The summed E-state index contributed by atoms with van der Waals surface area (Å²) in [5.74, 6) is 1.23. The fourth-order valence-electron chi connectivity index (χ4n) is 4.38. The Kier molecular flexibility index (Phi) is 5.47. The average molecular weight is 478 g/mol. The third-order valence-electron chi connectivity index (χ3n) is 6.02. The molecule has 1 atom stereocenters. The second-order valence-electron chi connectivity index (χ2n) is 8.11. The van der Waals surface area contributed by atoms with E-state index in [1.165, 1.54) is 26.3 Å². The van der Waals surface area contributed by atoms with E-state index in [1.54, 1.807) is 23.7 Å². The van der Waals surface area contributed by atoms with Crippen molar-refractivity contribution in [3.8, 4) is 17.5 Å². The van der Waals surface area contributed by atoms with E-state index < -0.39 is 0 Å². The van der Waals surface area contributed by atoms with Crippen molar-refractivity contribution in [2.45, 2.75) is 12.6 Å². The SMILES string of the molecule is Oc1c(C(c2cccs2)N2CCN(Cc3ccccc3)CC2)sc2nc(-c3ccco3)nn12. The first-order chi connectivity index (χ1) is 16.3. The highest BCUT2D eigenvalue weighted by atomic mass is 32.1. The number of piperazine rings is 1. The van der Waals surface area contributed by atoms with Crippen LogP contribution in [0.4, 0.5) is 0 Å². The molecule has 1 fully saturated rings. The van der Waals surface area contributed by atoms with Crippen molar-refractivity contribution in [3.05, 3.63) is 81.6 Å². The van der Waals surface area contributed by atoms with E-state index in [0.29, 0.717) is 16.5 Å². The number of hydrogen-bond donors (Lipinski definition) is 1. The van der Waals surface area contributed by atoms with Gasteiger partial charge in [0, 0.05) is 37.6 Å². The lowest BCUT2D eigenvalue weighted by Crippen LogP contribution is -2.47. The second-order valence-corrected chi connectivity index (χ2v) is 10.1. The van der Waals surface area contributed by atoms with Gasteiger partial charge in [-0.2, -0.15) is 9.50 Å². The van der Waals surface area contributed by atoms with Crippen LogP contribution in [0, 0.1) is 0 Å². The van der Waals surface area contributed by atoms with Crippen LogP contribution >= 0.6 is 22.7 Å². The molecule has 5 heterocycles. The molecule has 0 saturated carbocycles. The predicted molar refractivity (Wildman–Crippen MR) is 130 cm³/mol. The highest BCUT2D eigenvalue weighted by Crippen LogP contribution is 2.42. The molecule has 0 bridgehead atoms. The molecule has 1 aromatic carbocycles. The smallest absolute Gasteiger partial charge is 0.230 e. The lowest BCUT2D eigenvalue weighted by molar-refractivity contribution is 0.106. The molecule has 1 aliphatic rings. The number of nitrogens with zero attached hydrogens (tertiary/aromatic N) is 5. The quantitative estimate of drug-likeness (QED) is 0.381. The maximum absolute atomic E-state index is 11.2. The molecule has 0 radical (unpaired) electrons. The zero-order valence-corrected chi connectivity index (χ0v) is 19.5. The summed E-state index contributed by atoms with van der Waals surface area (Å²) in [5.41, 5.74) is 1.34. The summed E-state index contributed by atoms with van der Waals surface area (Å²) in [4.78, 5) is 12.3. The molecular weight excluding hydrogens is 454 g/mol. The average Bonchev–Trinajstić information content (AvgIpc) is 3.64. The highest BCUT2D eigenvalue weighted by molar-refractivity contribution is 7.17. The summed E-state index contributed by atoms with van der Waals surface area (Å²) in [6.45, 7) is 4.80. The molecule has 168 valence electrons. The third kappa shape index (κ3) is 3.97. The summed E-state index contributed by atoms with van der Waals surface area (Å²) < 4.78 is 6.95. The zero-order valence-electron chi connectivity index (χ0n) is 17.9. The Bertz CT molecular complexity index is 1320. The predicted octanol–water partition coefficient (Wildman–Crippen LogP) is 4.73. The molecule has 1 aliphatic heterocycles. The Labute approximate surface area is 199 Å². The van der Waals surface area contributed by atoms with E-state index in [4.69, 9.17) is 4.42 Å². The van der Waals surface area contributed by atoms with Crippen LogP contribution in [0.2, 0.25) is 0 Å². The van der Waals surface area contributed by atoms with Crippen LogP contribution in [-0.4, -0.2) is 55.7 Å². The number of thiophene rings is 1. The summed E-state index contributed by atoms with van der Waals surface area (Å²) in [7, 11) is 0. The highest BCUT2D eigenvalue weighted by Gasteiger charge is 2.32. The van der Waals surface area contributed by atoms with E-state index in [9.17, 15) is 5.11 Å². The molecule has 7 nitrogen and oxygen atoms in total. The van der Waals surface area contributed by atoms with Gasteiger partial charge in [0.25, 0.3) is 0 Å². The van der Waals surface area contributed by atoms with Crippen LogP contribution in [0.25, 0.3) is 16.5 Å². The molecule has 0 amide bonds. The van der Waals surface area contributed by atoms with Crippen molar-refractivity contribution >= 4 is 27.6 Å². The van der Waals surface area contributed by atoms with Gasteiger partial charge in [0.05, 0.1) is 17.2 Å². The Morgan fingerprint density at radius 1 is 1.00 bits per heavy atom. The van der Waals surface area contributed by atoms with Gasteiger partial charge in [-0.25, -0.2) is 0 Å². The summed E-state index contributed by atoms with van der Waals surface area (Å²) in [5, 5.41) is 17.7. The van der Waals surface area contributed by atoms with Crippen molar-refractivity contribution < 1.29 is 9.52 Å². The van der Waals surface area contributed by atoms with Crippen molar-refractivity contribution in [1.29, 1.82) is 0 Å². The summed E-state index contributed by atoms with van der Waals surface area (Å²) in [6.07, 6.45) is 1.60. The molecule has 33 heavy (non-hydrogen) atoms. The fourth-order valence-corrected chi connectivity index (χ4v) is 6.43. The maximum Gasteiger partial charge on any atom is 0.230 e. The Hall–Kier alpha value is -2.98. The van der Waals surface area contributed by atoms with Crippen LogP contribution in [0.15, 0.2) is 70.7 Å². The van der Waals surface area contributed by atoms with Crippen LogP contribution in [0.3, 0.4) is 0 Å². The van der Waals surface area contributed by atoms with Crippen molar-refractivity contribution in [3.63, 3.8) is 0 Å². The van der Waals surface area contributed by atoms with Gasteiger partial charge in [0.15, 0.2) is 5.76 Å². The molecule has 6 rings (SSSR count). The van der Waals surface area contributed by atoms with Crippen molar-refractivity contribution in [2.24, 2.45) is 0 Å². The number of thiazole rings is 1. The topological polar surface area (TPSA) is 70.0 Å². The molecule has 0 spiro atoms. The van der Waals surface area contributed by atoms with E-state index >= 15 is 0 Å². The molecule has 1 unspecified atom stereocenters. The largest absolute Gasteiger partial charge is 0.492 e. The van der Waals surface area contributed by atoms with Crippen LogP contribution in [0.1, 0.15) is 21.4 Å². The number of fused-ring (bicyclic) bond motifs is 1. The standard InChI is InChI=1S/C24H23N5O2S2/c30-23-21(33-24-25-22(26-29(23)24)18-8-4-14-31-18)20(19-9-5-15-32-19)28-12-10-27(11-13-28)16-17-6-2-1-3-7-17/h1-9,14-15,20,30H,10-13,16H2. The molecule has 5 aromatic rings. The van der Waals surface area contributed by atoms with E-state index in [1.807, 2.05) is 6.07 Å². The van der Waals surface area contributed by atoms with Gasteiger partial charge in [0.1, 0.15) is 0 Å². The molecule has 9 heteroatoms. The van der Waals surface area contributed by atoms with E-state index in [2.05, 4.69) is 67.7 Å². The number of rotatable bonds is 6. The van der Waals surface area contributed by atoms with Gasteiger partial charge >= 0.3 is 0 Å². The first-order valence-corrected chi connectivity index (χ1v) is 12.6. The van der Waals surface area contributed by atoms with Gasteiger partial charge in [-0.15, -0.1) is 16.4 Å². The van der Waals surface area contributed by atoms with Gasteiger partial charge in [-0.3, -0.25) is 9.80 Å². The van der Waals surface area contributed by atoms with E-state index in [0.717, 1.165) is 37.6 Å². The first kappa shape index (κ1) is 20.6. The lowest BCUT2D eigenvalue weighted by Gasteiger charge is -2.38. The van der Waals surface area contributed by atoms with Gasteiger partial charge in [0.2, 0.25) is 16.7 Å². The van der Waals surface area contributed by atoms with Crippen molar-refractivity contribution in [1.82, 2.24) is 24.4 Å². The minimum absolute atomic E-state index is 0.00978. The Morgan fingerprint density at radius 2 is 1.85 bits per heavy atom. The number of furan rings is 1. The number of benzene rings is 1. The second kappa shape index (κ2) is 8.75. The van der Waals surface area contributed by atoms with Crippen LogP contribution in [0.5, 0.6) is 5.88 Å². The fraction of sp³-hybridized carbons (Fsp3) is 0.250. The van der Waals surface area contributed by atoms with Gasteiger partial charge in [-0.05, 0) is 29.1 Å². The normalized spacial score (nSPS) is 16.5. The summed E-state index contributed by atoms with van der Waals surface area (Å²) >= 11 is 3.22. The Balaban J connectivity index is 1.26. The zero-order chi connectivity index (χ0) is 22.2. The van der Waals surface area contributed by atoms with Crippen LogP contribution < -0.4 is 0 Å². The minimum Gasteiger partial charge on any atom is -0.492 e. The van der Waals surface area contributed by atoms with Gasteiger partial charge in [-0.1, -0.05) is 47.7 Å². The van der Waals surface area contributed by atoms with Crippen LogP contribution in [-0.2, 0) is 6.54 Å². The molecular formula is C24H23N5O2S2. The number of hydrogen-bond acceptors (Lipinski definition) is 8. The Morgan fingerprint density at radius 3 is 2.55 bits per heavy atom. The number of aromatic hydroxyl groups is 1. The van der Waals surface area contributed by atoms with Gasteiger partial charge < -0.3 is 9.52 Å². The number of aromatic nitrogens is 3. The molecule has 0 aliphatic carbocycles. The minimum atomic E-state index is -0.00978. The summed E-state index contributed by atoms with van der Waals surface area (Å²) in [6, 6.07) is 18.5. The molecule has 4 aromatic heterocycles. The lowest BCUT2D eigenvalue weighted by atomic mass is 10.1. The molecule has 1 saturated heterocycles. The maximum atomic E-state index is 11.2. The first-order valence-electron chi connectivity index (χ1n) is 10.9. The molecule has 1 N–H and O–H groups in total. The van der Waals surface area contributed by atoms with E-state index in [-0.39, 0.29) is 11.9 Å². The third-order valence-corrected chi connectivity index (χ3v) is 8.02. The monoisotopic (exact) mass is 477 g/mol. The van der Waals surface area contributed by atoms with Crippen molar-refractivity contribution in [2.75, 3.05) is 26.2 Å².